The van der Waals surface area contributed by atoms with Crippen LogP contribution in [0.25, 0.3) is 11.1 Å². The van der Waals surface area contributed by atoms with Crippen LogP contribution in [-0.4, -0.2) is 24.5 Å². The fraction of sp³-hybridized carbons (Fsp3) is 0.286. The summed E-state index contributed by atoms with van der Waals surface area (Å²) in [5.74, 6) is -0.645. The minimum absolute atomic E-state index is 0.00371. The summed E-state index contributed by atoms with van der Waals surface area (Å²) in [4.78, 5) is 24.4. The van der Waals surface area contributed by atoms with E-state index < -0.39 is 5.97 Å². The number of carbonyl (C=O) groups is 2. The first-order valence-electron chi connectivity index (χ1n) is 8.49. The Hall–Kier alpha value is -3.13. The van der Waals surface area contributed by atoms with Crippen molar-refractivity contribution >= 4 is 11.9 Å². The Balaban J connectivity index is 2.16. The lowest BCUT2D eigenvalue weighted by molar-refractivity contribution is -0.125. The third kappa shape index (κ3) is 4.70. The molecule has 1 amide bonds. The van der Waals surface area contributed by atoms with Crippen LogP contribution in [0.4, 0.5) is 0 Å². The van der Waals surface area contributed by atoms with Gasteiger partial charge in [-0.25, -0.2) is 4.79 Å². The van der Waals surface area contributed by atoms with E-state index in [1.807, 2.05) is 20.8 Å². The van der Waals surface area contributed by atoms with E-state index in [0.29, 0.717) is 22.3 Å². The molecular weight excluding hydrogens is 328 g/mol. The largest absolute Gasteiger partial charge is 0.452 e. The van der Waals surface area contributed by atoms with Gasteiger partial charge < -0.3 is 10.1 Å². The Bertz CT molecular complexity index is 837. The van der Waals surface area contributed by atoms with Crippen molar-refractivity contribution in [2.75, 3.05) is 6.61 Å². The van der Waals surface area contributed by atoms with Gasteiger partial charge in [-0.3, -0.25) is 4.79 Å². The maximum Gasteiger partial charge on any atom is 0.339 e. The summed E-state index contributed by atoms with van der Waals surface area (Å²) in [5, 5.41) is 12.1. The van der Waals surface area contributed by atoms with Gasteiger partial charge in [-0.2, -0.15) is 5.26 Å². The average Bonchev–Trinajstić information content (AvgIpc) is 2.65. The highest BCUT2D eigenvalue weighted by Gasteiger charge is 2.18. The lowest BCUT2D eigenvalue weighted by Crippen LogP contribution is -2.38. The molecule has 0 unspecified atom stereocenters. The van der Waals surface area contributed by atoms with Gasteiger partial charge in [-0.15, -0.1) is 0 Å². The summed E-state index contributed by atoms with van der Waals surface area (Å²) in [7, 11) is 0. The molecule has 0 aromatic heterocycles. The van der Waals surface area contributed by atoms with Crippen LogP contribution < -0.4 is 5.32 Å². The lowest BCUT2D eigenvalue weighted by atomic mass is 9.96. The molecular formula is C21H22N2O3. The highest BCUT2D eigenvalue weighted by molar-refractivity contribution is 5.98. The normalized spacial score (nSPS) is 11.5. The SMILES string of the molecule is CC(C)[C@H](C)NC(=O)COC(=O)c1ccccc1-c1ccccc1C#N. The van der Waals surface area contributed by atoms with Crippen molar-refractivity contribution < 1.29 is 14.3 Å². The van der Waals surface area contributed by atoms with E-state index in [1.165, 1.54) is 0 Å². The quantitative estimate of drug-likeness (QED) is 0.808. The van der Waals surface area contributed by atoms with Crippen molar-refractivity contribution in [1.82, 2.24) is 5.32 Å². The first-order chi connectivity index (χ1) is 12.4. The van der Waals surface area contributed by atoms with Crippen molar-refractivity contribution in [2.45, 2.75) is 26.8 Å². The number of nitrogens with zero attached hydrogens (tertiary/aromatic N) is 1. The minimum Gasteiger partial charge on any atom is -0.452 e. The molecule has 0 aliphatic heterocycles. The smallest absolute Gasteiger partial charge is 0.339 e. The Morgan fingerprint density at radius 3 is 2.31 bits per heavy atom. The average molecular weight is 350 g/mol. The van der Waals surface area contributed by atoms with Crippen molar-refractivity contribution in [3.63, 3.8) is 0 Å². The van der Waals surface area contributed by atoms with Crippen LogP contribution in [0.3, 0.4) is 0 Å². The zero-order valence-electron chi connectivity index (χ0n) is 15.2. The monoisotopic (exact) mass is 350 g/mol. The van der Waals surface area contributed by atoms with Gasteiger partial charge in [-0.1, -0.05) is 50.2 Å². The standard InChI is InChI=1S/C21H22N2O3/c1-14(2)15(3)23-20(24)13-26-21(25)19-11-7-6-10-18(19)17-9-5-4-8-16(17)12-22/h4-11,14-15H,13H2,1-3H3,(H,23,24)/t15-/m0/s1. The zero-order valence-corrected chi connectivity index (χ0v) is 15.2. The maximum atomic E-state index is 12.5. The van der Waals surface area contributed by atoms with Gasteiger partial charge in [0.15, 0.2) is 6.61 Å². The van der Waals surface area contributed by atoms with Crippen LogP contribution in [-0.2, 0) is 9.53 Å². The second kappa shape index (κ2) is 8.82. The number of amides is 1. The van der Waals surface area contributed by atoms with Crippen molar-refractivity contribution in [1.29, 1.82) is 5.26 Å². The van der Waals surface area contributed by atoms with Gasteiger partial charge >= 0.3 is 5.97 Å². The Labute approximate surface area is 153 Å². The molecule has 5 heteroatoms. The van der Waals surface area contributed by atoms with Crippen molar-refractivity contribution in [3.05, 3.63) is 59.7 Å². The second-order valence-corrected chi connectivity index (χ2v) is 6.38. The van der Waals surface area contributed by atoms with E-state index in [4.69, 9.17) is 4.74 Å². The predicted molar refractivity (Wildman–Crippen MR) is 99.3 cm³/mol. The molecule has 1 atom stereocenters. The third-order valence-electron chi connectivity index (χ3n) is 4.21. The van der Waals surface area contributed by atoms with Gasteiger partial charge in [-0.05, 0) is 30.5 Å². The molecule has 0 fully saturated rings. The van der Waals surface area contributed by atoms with Crippen LogP contribution in [0.2, 0.25) is 0 Å². The molecule has 0 bridgehead atoms. The first-order valence-corrected chi connectivity index (χ1v) is 8.49. The number of benzene rings is 2. The highest BCUT2D eigenvalue weighted by atomic mass is 16.5. The third-order valence-corrected chi connectivity index (χ3v) is 4.21. The Morgan fingerprint density at radius 1 is 1.04 bits per heavy atom. The number of ether oxygens (including phenoxy) is 1. The van der Waals surface area contributed by atoms with Gasteiger partial charge in [0.2, 0.25) is 0 Å². The van der Waals surface area contributed by atoms with Gasteiger partial charge in [0, 0.05) is 11.6 Å². The number of hydrogen-bond acceptors (Lipinski definition) is 4. The molecule has 0 aliphatic rings. The van der Waals surface area contributed by atoms with E-state index in [-0.39, 0.29) is 24.5 Å². The minimum atomic E-state index is -0.597. The van der Waals surface area contributed by atoms with Crippen LogP contribution >= 0.6 is 0 Å². The molecule has 0 saturated heterocycles. The van der Waals surface area contributed by atoms with Crippen molar-refractivity contribution in [3.8, 4) is 17.2 Å². The summed E-state index contributed by atoms with van der Waals surface area (Å²) in [6.07, 6.45) is 0. The molecule has 2 aromatic rings. The van der Waals surface area contributed by atoms with Crippen LogP contribution in [0, 0.1) is 17.2 Å². The molecule has 5 nitrogen and oxygen atoms in total. The summed E-state index contributed by atoms with van der Waals surface area (Å²) >= 11 is 0. The number of nitrogens with one attached hydrogen (secondary N) is 1. The number of carbonyl (C=O) groups excluding carboxylic acids is 2. The topological polar surface area (TPSA) is 79.2 Å². The van der Waals surface area contributed by atoms with E-state index in [9.17, 15) is 14.9 Å². The van der Waals surface area contributed by atoms with E-state index in [1.54, 1.807) is 48.5 Å². The fourth-order valence-electron chi connectivity index (χ4n) is 2.38. The maximum absolute atomic E-state index is 12.5. The molecule has 26 heavy (non-hydrogen) atoms. The molecule has 2 aromatic carbocycles. The number of rotatable bonds is 6. The molecule has 0 spiro atoms. The molecule has 0 saturated carbocycles. The van der Waals surface area contributed by atoms with Gasteiger partial charge in [0.1, 0.15) is 0 Å². The van der Waals surface area contributed by atoms with Crippen LogP contribution in [0.5, 0.6) is 0 Å². The number of nitriles is 1. The summed E-state index contributed by atoms with van der Waals surface area (Å²) in [5.41, 5.74) is 2.04. The van der Waals surface area contributed by atoms with Crippen molar-refractivity contribution in [2.24, 2.45) is 5.92 Å². The number of hydrogen-bond donors (Lipinski definition) is 1. The van der Waals surface area contributed by atoms with E-state index in [2.05, 4.69) is 11.4 Å². The lowest BCUT2D eigenvalue weighted by Gasteiger charge is -2.17. The highest BCUT2D eigenvalue weighted by Crippen LogP contribution is 2.27. The summed E-state index contributed by atoms with van der Waals surface area (Å²) in [6, 6.07) is 16.1. The Morgan fingerprint density at radius 2 is 1.65 bits per heavy atom. The van der Waals surface area contributed by atoms with E-state index >= 15 is 0 Å². The summed E-state index contributed by atoms with van der Waals surface area (Å²) < 4.78 is 5.17. The summed E-state index contributed by atoms with van der Waals surface area (Å²) in [6.45, 7) is 5.56. The van der Waals surface area contributed by atoms with E-state index in [0.717, 1.165) is 0 Å². The van der Waals surface area contributed by atoms with Gasteiger partial charge in [0.25, 0.3) is 5.91 Å². The zero-order chi connectivity index (χ0) is 19.1. The second-order valence-electron chi connectivity index (χ2n) is 6.38. The molecule has 0 aliphatic carbocycles. The molecule has 0 heterocycles. The number of esters is 1. The molecule has 0 radical (unpaired) electrons. The Kier molecular flexibility index (Phi) is 6.51. The van der Waals surface area contributed by atoms with Crippen LogP contribution in [0.1, 0.15) is 36.7 Å². The van der Waals surface area contributed by atoms with Gasteiger partial charge in [0.05, 0.1) is 17.2 Å². The fourth-order valence-corrected chi connectivity index (χ4v) is 2.38. The first kappa shape index (κ1) is 19.2. The molecule has 134 valence electrons. The molecule has 1 N–H and O–H groups in total. The van der Waals surface area contributed by atoms with Crippen LogP contribution in [0.15, 0.2) is 48.5 Å². The predicted octanol–water partition coefficient (Wildman–Crippen LogP) is 3.54. The molecule has 2 rings (SSSR count).